The lowest BCUT2D eigenvalue weighted by Crippen LogP contribution is -2.11. The molecule has 20 heavy (non-hydrogen) atoms. The molecule has 0 spiro atoms. The van der Waals surface area contributed by atoms with Crippen LogP contribution in [0.25, 0.3) is 0 Å². The summed E-state index contributed by atoms with van der Waals surface area (Å²) in [5.74, 6) is 1.29. The van der Waals surface area contributed by atoms with Gasteiger partial charge in [0.1, 0.15) is 0 Å². The van der Waals surface area contributed by atoms with Gasteiger partial charge in [-0.25, -0.2) is 0 Å². The third kappa shape index (κ3) is 4.58. The van der Waals surface area contributed by atoms with E-state index in [1.54, 1.807) is 31.2 Å². The zero-order valence-corrected chi connectivity index (χ0v) is 11.9. The molecule has 106 valence electrons. The number of nitrogens with zero attached hydrogens (tertiary/aromatic N) is 2. The highest BCUT2D eigenvalue weighted by molar-refractivity contribution is 7.99. The summed E-state index contributed by atoms with van der Waals surface area (Å²) in [4.78, 5) is 11.7. The molecule has 3 N–H and O–H groups in total. The molecule has 0 saturated heterocycles. The van der Waals surface area contributed by atoms with Crippen LogP contribution < -0.4 is 11.1 Å². The first-order valence-corrected chi connectivity index (χ1v) is 7.20. The molecule has 6 nitrogen and oxygen atoms in total. The molecule has 1 aromatic carbocycles. The quantitative estimate of drug-likeness (QED) is 0.482. The number of thioether (sulfide) groups is 1. The van der Waals surface area contributed by atoms with Gasteiger partial charge in [0.15, 0.2) is 0 Å². The molecule has 0 aliphatic carbocycles. The molecule has 1 heterocycles. The first-order chi connectivity index (χ1) is 9.63. The third-order valence-corrected chi connectivity index (χ3v) is 3.38. The minimum atomic E-state index is -0.0166. The number of hydrogen-bond donors (Lipinski definition) is 2. The minimum Gasteiger partial charge on any atom is -0.416 e. The Kier molecular flexibility index (Phi) is 5.00. The van der Waals surface area contributed by atoms with Crippen LogP contribution in [0.4, 0.5) is 11.4 Å². The fourth-order valence-electron chi connectivity index (χ4n) is 1.52. The fourth-order valence-corrected chi connectivity index (χ4v) is 2.26. The second-order valence-electron chi connectivity index (χ2n) is 4.21. The highest BCUT2D eigenvalue weighted by Crippen LogP contribution is 2.17. The van der Waals surface area contributed by atoms with Crippen LogP contribution in [0.2, 0.25) is 0 Å². The van der Waals surface area contributed by atoms with Crippen molar-refractivity contribution in [2.75, 3.05) is 16.8 Å². The summed E-state index contributed by atoms with van der Waals surface area (Å²) in [6, 6.07) is 7.07. The number of nitrogen functional groups attached to an aromatic ring is 1. The molecular weight excluding hydrogens is 276 g/mol. The lowest BCUT2D eigenvalue weighted by molar-refractivity contribution is -0.116. The molecule has 1 aromatic heterocycles. The topological polar surface area (TPSA) is 94.0 Å². The van der Waals surface area contributed by atoms with Gasteiger partial charge >= 0.3 is 0 Å². The molecular formula is C13H16N4O2S. The molecule has 2 aromatic rings. The number of nitrogens with one attached hydrogen (secondary N) is 1. The van der Waals surface area contributed by atoms with Crippen molar-refractivity contribution < 1.29 is 9.21 Å². The van der Waals surface area contributed by atoms with Gasteiger partial charge in [0.25, 0.3) is 5.22 Å². The Balaban J connectivity index is 1.66. The second kappa shape index (κ2) is 6.95. The highest BCUT2D eigenvalue weighted by atomic mass is 32.2. The molecule has 7 heteroatoms. The van der Waals surface area contributed by atoms with E-state index < -0.39 is 0 Å². The van der Waals surface area contributed by atoms with Crippen molar-refractivity contribution in [1.29, 1.82) is 0 Å². The number of nitrogens with two attached hydrogens (primary N) is 1. The number of aryl methyl sites for hydroxylation is 1. The number of carbonyl (C=O) groups is 1. The lowest BCUT2D eigenvalue weighted by atomic mass is 10.2. The number of rotatable bonds is 6. The van der Waals surface area contributed by atoms with Crippen LogP contribution in [0, 0.1) is 6.92 Å². The van der Waals surface area contributed by atoms with Crippen molar-refractivity contribution in [2.24, 2.45) is 0 Å². The van der Waals surface area contributed by atoms with Crippen LogP contribution in [-0.4, -0.2) is 21.9 Å². The first-order valence-electron chi connectivity index (χ1n) is 6.22. The SMILES string of the molecule is Cc1nnc(SCCCC(=O)Nc2ccc(N)cc2)o1. The van der Waals surface area contributed by atoms with Crippen LogP contribution >= 0.6 is 11.8 Å². The van der Waals surface area contributed by atoms with Gasteiger partial charge in [-0.05, 0) is 30.7 Å². The van der Waals surface area contributed by atoms with Crippen LogP contribution in [0.15, 0.2) is 33.9 Å². The van der Waals surface area contributed by atoms with Gasteiger partial charge in [-0.2, -0.15) is 0 Å². The summed E-state index contributed by atoms with van der Waals surface area (Å²) < 4.78 is 5.23. The Morgan fingerprint density at radius 1 is 1.35 bits per heavy atom. The number of hydrogen-bond acceptors (Lipinski definition) is 6. The minimum absolute atomic E-state index is 0.0166. The Morgan fingerprint density at radius 2 is 2.10 bits per heavy atom. The van der Waals surface area contributed by atoms with Gasteiger partial charge in [0, 0.05) is 30.5 Å². The average molecular weight is 292 g/mol. The number of carbonyl (C=O) groups excluding carboxylic acids is 1. The van der Waals surface area contributed by atoms with E-state index in [-0.39, 0.29) is 5.91 Å². The van der Waals surface area contributed by atoms with Crippen LogP contribution in [-0.2, 0) is 4.79 Å². The van der Waals surface area contributed by atoms with E-state index in [9.17, 15) is 4.79 Å². The van der Waals surface area contributed by atoms with E-state index in [2.05, 4.69) is 15.5 Å². The van der Waals surface area contributed by atoms with Crippen molar-refractivity contribution in [3.63, 3.8) is 0 Å². The number of anilines is 2. The number of aromatic nitrogens is 2. The highest BCUT2D eigenvalue weighted by Gasteiger charge is 2.05. The normalized spacial score (nSPS) is 10.4. The van der Waals surface area contributed by atoms with E-state index in [0.717, 1.165) is 17.9 Å². The fraction of sp³-hybridized carbons (Fsp3) is 0.308. The molecule has 0 bridgehead atoms. The third-order valence-electron chi connectivity index (χ3n) is 2.48. The molecule has 0 unspecified atom stereocenters. The summed E-state index contributed by atoms with van der Waals surface area (Å²) >= 11 is 1.45. The smallest absolute Gasteiger partial charge is 0.276 e. The molecule has 0 aliphatic heterocycles. The van der Waals surface area contributed by atoms with Crippen molar-refractivity contribution in [1.82, 2.24) is 10.2 Å². The first kappa shape index (κ1) is 14.4. The number of amides is 1. The van der Waals surface area contributed by atoms with E-state index in [0.29, 0.717) is 23.2 Å². The van der Waals surface area contributed by atoms with Crippen molar-refractivity contribution in [3.05, 3.63) is 30.2 Å². The maximum atomic E-state index is 11.7. The zero-order valence-electron chi connectivity index (χ0n) is 11.1. The Bertz CT molecular complexity index is 568. The molecule has 1 amide bonds. The predicted molar refractivity (Wildman–Crippen MR) is 78.5 cm³/mol. The molecule has 0 fully saturated rings. The van der Waals surface area contributed by atoms with Gasteiger partial charge in [-0.15, -0.1) is 10.2 Å². The molecule has 0 aliphatic rings. The summed E-state index contributed by atoms with van der Waals surface area (Å²) in [6.45, 7) is 1.75. The molecule has 0 saturated carbocycles. The largest absolute Gasteiger partial charge is 0.416 e. The van der Waals surface area contributed by atoms with Gasteiger partial charge in [0.2, 0.25) is 11.8 Å². The van der Waals surface area contributed by atoms with Crippen LogP contribution in [0.1, 0.15) is 18.7 Å². The van der Waals surface area contributed by atoms with Crippen molar-refractivity contribution in [3.8, 4) is 0 Å². The Hall–Kier alpha value is -2.02. The van der Waals surface area contributed by atoms with E-state index in [1.807, 2.05) is 0 Å². The lowest BCUT2D eigenvalue weighted by Gasteiger charge is -2.04. The van der Waals surface area contributed by atoms with Gasteiger partial charge in [-0.3, -0.25) is 4.79 Å². The zero-order chi connectivity index (χ0) is 14.4. The van der Waals surface area contributed by atoms with E-state index >= 15 is 0 Å². The monoisotopic (exact) mass is 292 g/mol. The second-order valence-corrected chi connectivity index (χ2v) is 5.26. The standard InChI is InChI=1S/C13H16N4O2S/c1-9-16-17-13(19-9)20-8-2-3-12(18)15-11-6-4-10(14)5-7-11/h4-7H,2-3,8,14H2,1H3,(H,15,18). The number of benzene rings is 1. The Morgan fingerprint density at radius 3 is 2.75 bits per heavy atom. The predicted octanol–water partition coefficient (Wildman–Crippen LogP) is 2.47. The van der Waals surface area contributed by atoms with Crippen LogP contribution in [0.5, 0.6) is 0 Å². The summed E-state index contributed by atoms with van der Waals surface area (Å²) in [7, 11) is 0. The van der Waals surface area contributed by atoms with E-state index in [4.69, 9.17) is 10.2 Å². The maximum absolute atomic E-state index is 11.7. The van der Waals surface area contributed by atoms with Gasteiger partial charge < -0.3 is 15.5 Å². The molecule has 2 rings (SSSR count). The average Bonchev–Trinajstić information content (AvgIpc) is 2.83. The van der Waals surface area contributed by atoms with Crippen molar-refractivity contribution in [2.45, 2.75) is 25.0 Å². The van der Waals surface area contributed by atoms with Gasteiger partial charge in [-0.1, -0.05) is 11.8 Å². The van der Waals surface area contributed by atoms with Gasteiger partial charge in [0.05, 0.1) is 0 Å². The summed E-state index contributed by atoms with van der Waals surface area (Å²) in [5, 5.41) is 11.0. The molecule has 0 atom stereocenters. The summed E-state index contributed by atoms with van der Waals surface area (Å²) in [6.07, 6.45) is 1.19. The maximum Gasteiger partial charge on any atom is 0.276 e. The van der Waals surface area contributed by atoms with E-state index in [1.165, 1.54) is 11.8 Å². The van der Waals surface area contributed by atoms with Crippen molar-refractivity contribution >= 4 is 29.0 Å². The molecule has 0 radical (unpaired) electrons. The Labute approximate surface area is 121 Å². The summed E-state index contributed by atoms with van der Waals surface area (Å²) in [5.41, 5.74) is 7.01. The van der Waals surface area contributed by atoms with Crippen LogP contribution in [0.3, 0.4) is 0 Å².